The van der Waals surface area contributed by atoms with E-state index in [0.29, 0.717) is 5.75 Å². The number of ether oxygens (including phenoxy) is 1. The van der Waals surface area contributed by atoms with E-state index in [1.165, 1.54) is 5.69 Å². The lowest BCUT2D eigenvalue weighted by molar-refractivity contribution is 0.368. The molecule has 0 saturated heterocycles. The van der Waals surface area contributed by atoms with Crippen molar-refractivity contribution in [3.63, 3.8) is 0 Å². The highest BCUT2D eigenvalue weighted by molar-refractivity contribution is 5.48. The number of benzene rings is 1. The average molecular weight is 241 g/mol. The van der Waals surface area contributed by atoms with E-state index in [-0.39, 0.29) is 6.61 Å². The van der Waals surface area contributed by atoms with Crippen molar-refractivity contribution in [3.8, 4) is 11.8 Å². The van der Waals surface area contributed by atoms with Crippen molar-refractivity contribution in [2.24, 2.45) is 7.05 Å². The Hall–Kier alpha value is -2.41. The minimum absolute atomic E-state index is 0.0707. The Bertz CT molecular complexity index is 554. The van der Waals surface area contributed by atoms with E-state index < -0.39 is 0 Å². The summed E-state index contributed by atoms with van der Waals surface area (Å²) in [7, 11) is 2.02. The monoisotopic (exact) mass is 241 g/mol. The molecule has 0 unspecified atom stereocenters. The second-order valence-corrected chi connectivity index (χ2v) is 3.94. The maximum atomic E-state index is 8.46. The number of hydrogen-bond donors (Lipinski definition) is 1. The Morgan fingerprint density at radius 1 is 1.33 bits per heavy atom. The number of anilines is 1. The standard InChI is InChI=1S/C14H15N3O/c1-17-8-3-5-13(17)11-16-12-4-2-6-14(10-12)18-9-7-15/h2-6,8,10,16H,9,11H2,1H3. The van der Waals surface area contributed by atoms with Gasteiger partial charge in [-0.1, -0.05) is 6.07 Å². The summed E-state index contributed by atoms with van der Waals surface area (Å²) in [5.41, 5.74) is 2.19. The predicted octanol–water partition coefficient (Wildman–Crippen LogP) is 2.54. The summed E-state index contributed by atoms with van der Waals surface area (Å²) >= 11 is 0. The van der Waals surface area contributed by atoms with Crippen LogP contribution in [0.5, 0.6) is 5.75 Å². The van der Waals surface area contributed by atoms with E-state index >= 15 is 0 Å². The third-order valence-corrected chi connectivity index (χ3v) is 2.66. The van der Waals surface area contributed by atoms with Crippen LogP contribution in [-0.4, -0.2) is 11.2 Å². The van der Waals surface area contributed by atoms with Gasteiger partial charge in [0, 0.05) is 30.7 Å². The molecule has 1 heterocycles. The highest BCUT2D eigenvalue weighted by atomic mass is 16.5. The van der Waals surface area contributed by atoms with E-state index in [9.17, 15) is 0 Å². The fourth-order valence-electron chi connectivity index (χ4n) is 1.68. The summed E-state index contributed by atoms with van der Waals surface area (Å²) in [6.07, 6.45) is 2.02. The molecule has 0 aliphatic rings. The highest BCUT2D eigenvalue weighted by Crippen LogP contribution is 2.17. The molecule has 0 aliphatic heterocycles. The van der Waals surface area contributed by atoms with Crippen LogP contribution in [0, 0.1) is 11.3 Å². The normalized spacial score (nSPS) is 9.78. The molecule has 0 bridgehead atoms. The predicted molar refractivity (Wildman–Crippen MR) is 70.3 cm³/mol. The maximum absolute atomic E-state index is 8.46. The molecule has 0 spiro atoms. The van der Waals surface area contributed by atoms with Crippen LogP contribution in [0.15, 0.2) is 42.6 Å². The summed E-state index contributed by atoms with van der Waals surface area (Å²) in [6.45, 7) is 0.826. The molecule has 0 saturated carbocycles. The zero-order chi connectivity index (χ0) is 12.8. The molecule has 1 aromatic carbocycles. The Labute approximate surface area is 106 Å². The molecule has 1 aromatic heterocycles. The molecular formula is C14H15N3O. The van der Waals surface area contributed by atoms with Crippen molar-refractivity contribution in [1.82, 2.24) is 4.57 Å². The van der Waals surface area contributed by atoms with Crippen LogP contribution in [0.25, 0.3) is 0 Å². The summed E-state index contributed by atoms with van der Waals surface area (Å²) in [5, 5.41) is 11.8. The highest BCUT2D eigenvalue weighted by Gasteiger charge is 1.99. The van der Waals surface area contributed by atoms with Crippen molar-refractivity contribution in [2.45, 2.75) is 6.54 Å². The number of hydrogen-bond acceptors (Lipinski definition) is 3. The van der Waals surface area contributed by atoms with Crippen molar-refractivity contribution >= 4 is 5.69 Å². The second-order valence-electron chi connectivity index (χ2n) is 3.94. The Morgan fingerprint density at radius 3 is 2.94 bits per heavy atom. The number of aryl methyl sites for hydroxylation is 1. The second kappa shape index (κ2) is 5.78. The van der Waals surface area contributed by atoms with Gasteiger partial charge in [-0.05, 0) is 24.3 Å². The summed E-state index contributed by atoms with van der Waals surface area (Å²) in [5.74, 6) is 0.702. The molecule has 0 atom stereocenters. The van der Waals surface area contributed by atoms with Crippen LogP contribution in [-0.2, 0) is 13.6 Å². The zero-order valence-electron chi connectivity index (χ0n) is 10.3. The number of aromatic nitrogens is 1. The minimum Gasteiger partial charge on any atom is -0.479 e. The molecule has 0 amide bonds. The van der Waals surface area contributed by atoms with Gasteiger partial charge in [-0.25, -0.2) is 0 Å². The van der Waals surface area contributed by atoms with E-state index in [1.807, 2.05) is 49.6 Å². The van der Waals surface area contributed by atoms with Gasteiger partial charge in [0.25, 0.3) is 0 Å². The first-order chi connectivity index (χ1) is 8.79. The lowest BCUT2D eigenvalue weighted by Gasteiger charge is -2.09. The van der Waals surface area contributed by atoms with Crippen LogP contribution in [0.4, 0.5) is 5.69 Å². The van der Waals surface area contributed by atoms with Gasteiger partial charge in [0.15, 0.2) is 6.61 Å². The van der Waals surface area contributed by atoms with Crippen LogP contribution in [0.2, 0.25) is 0 Å². The number of nitrogens with zero attached hydrogens (tertiary/aromatic N) is 2. The van der Waals surface area contributed by atoms with Gasteiger partial charge in [0.1, 0.15) is 11.8 Å². The lowest BCUT2D eigenvalue weighted by Crippen LogP contribution is -2.04. The van der Waals surface area contributed by atoms with Gasteiger partial charge in [0.2, 0.25) is 0 Å². The molecule has 4 heteroatoms. The molecular weight excluding hydrogens is 226 g/mol. The molecule has 0 aliphatic carbocycles. The first-order valence-electron chi connectivity index (χ1n) is 5.73. The van der Waals surface area contributed by atoms with E-state index in [4.69, 9.17) is 10.00 Å². The van der Waals surface area contributed by atoms with Crippen molar-refractivity contribution in [1.29, 1.82) is 5.26 Å². The molecule has 2 aromatic rings. The van der Waals surface area contributed by atoms with Gasteiger partial charge in [-0.3, -0.25) is 0 Å². The summed E-state index contributed by atoms with van der Waals surface area (Å²) < 4.78 is 7.32. The lowest BCUT2D eigenvalue weighted by atomic mass is 10.3. The molecule has 92 valence electrons. The van der Waals surface area contributed by atoms with Gasteiger partial charge in [0.05, 0.1) is 6.54 Å². The molecule has 4 nitrogen and oxygen atoms in total. The van der Waals surface area contributed by atoms with Crippen LogP contribution < -0.4 is 10.1 Å². The summed E-state index contributed by atoms with van der Waals surface area (Å²) in [4.78, 5) is 0. The largest absolute Gasteiger partial charge is 0.479 e. The molecule has 1 N–H and O–H groups in total. The maximum Gasteiger partial charge on any atom is 0.174 e. The van der Waals surface area contributed by atoms with E-state index in [1.54, 1.807) is 0 Å². The van der Waals surface area contributed by atoms with Crippen LogP contribution in [0.3, 0.4) is 0 Å². The molecule has 0 fully saturated rings. The van der Waals surface area contributed by atoms with Crippen molar-refractivity contribution in [3.05, 3.63) is 48.3 Å². The van der Waals surface area contributed by atoms with Gasteiger partial charge < -0.3 is 14.6 Å². The minimum atomic E-state index is 0.0707. The number of nitriles is 1. The smallest absolute Gasteiger partial charge is 0.174 e. The number of rotatable bonds is 5. The first-order valence-corrected chi connectivity index (χ1v) is 5.73. The average Bonchev–Trinajstić information content (AvgIpc) is 2.80. The van der Waals surface area contributed by atoms with Crippen molar-refractivity contribution < 1.29 is 4.74 Å². The quantitative estimate of drug-likeness (QED) is 0.875. The third-order valence-electron chi connectivity index (χ3n) is 2.66. The molecule has 2 rings (SSSR count). The fraction of sp³-hybridized carbons (Fsp3) is 0.214. The summed E-state index contributed by atoms with van der Waals surface area (Å²) in [6, 6.07) is 13.6. The molecule has 18 heavy (non-hydrogen) atoms. The number of nitrogens with one attached hydrogen (secondary N) is 1. The van der Waals surface area contributed by atoms with Gasteiger partial charge >= 0.3 is 0 Å². The topological polar surface area (TPSA) is 50.0 Å². The van der Waals surface area contributed by atoms with E-state index in [2.05, 4.69) is 16.0 Å². The van der Waals surface area contributed by atoms with Crippen molar-refractivity contribution in [2.75, 3.05) is 11.9 Å². The van der Waals surface area contributed by atoms with Gasteiger partial charge in [-0.15, -0.1) is 0 Å². The SMILES string of the molecule is Cn1cccc1CNc1cccc(OCC#N)c1. The molecule has 0 radical (unpaired) electrons. The Morgan fingerprint density at radius 2 is 2.22 bits per heavy atom. The van der Waals surface area contributed by atoms with Crippen LogP contribution in [0.1, 0.15) is 5.69 Å². The first kappa shape index (κ1) is 12.1. The fourth-order valence-corrected chi connectivity index (χ4v) is 1.68. The van der Waals surface area contributed by atoms with Crippen LogP contribution >= 0.6 is 0 Å². The third kappa shape index (κ3) is 3.05. The zero-order valence-corrected chi connectivity index (χ0v) is 10.3. The van der Waals surface area contributed by atoms with Gasteiger partial charge in [-0.2, -0.15) is 5.26 Å². The Balaban J connectivity index is 1.97. The van der Waals surface area contributed by atoms with E-state index in [0.717, 1.165) is 12.2 Å². The Kier molecular flexibility index (Phi) is 3.87.